The Bertz CT molecular complexity index is 471. The zero-order valence-corrected chi connectivity index (χ0v) is 20.0. The molecule has 0 radical (unpaired) electrons. The van der Waals surface area contributed by atoms with Crippen LogP contribution in [-0.4, -0.2) is 34.4 Å². The van der Waals surface area contributed by atoms with E-state index in [4.69, 9.17) is 16.3 Å². The van der Waals surface area contributed by atoms with Crippen LogP contribution in [0.4, 0.5) is 0 Å². The van der Waals surface area contributed by atoms with Crippen molar-refractivity contribution in [2.45, 2.75) is 85.6 Å². The average molecular weight is 474 g/mol. The molecular formula is C20H35ClN2OSn. The van der Waals surface area contributed by atoms with Crippen molar-refractivity contribution in [2.24, 2.45) is 0 Å². The van der Waals surface area contributed by atoms with Gasteiger partial charge in [-0.3, -0.25) is 0 Å². The fourth-order valence-corrected chi connectivity index (χ4v) is 17.8. The molecule has 25 heavy (non-hydrogen) atoms. The molecule has 0 aliphatic carbocycles. The zero-order chi connectivity index (χ0) is 18.5. The van der Waals surface area contributed by atoms with Crippen molar-refractivity contribution in [2.75, 3.05) is 0 Å². The van der Waals surface area contributed by atoms with E-state index in [1.54, 1.807) is 12.4 Å². The van der Waals surface area contributed by atoms with Crippen molar-refractivity contribution in [1.82, 2.24) is 9.97 Å². The van der Waals surface area contributed by atoms with Gasteiger partial charge >= 0.3 is 164 Å². The van der Waals surface area contributed by atoms with E-state index in [9.17, 15) is 0 Å². The van der Waals surface area contributed by atoms with Gasteiger partial charge in [-0.1, -0.05) is 0 Å². The number of hydrogen-bond acceptors (Lipinski definition) is 3. The van der Waals surface area contributed by atoms with E-state index in [-0.39, 0.29) is 6.10 Å². The van der Waals surface area contributed by atoms with Crippen LogP contribution in [0.1, 0.15) is 66.2 Å². The average Bonchev–Trinajstić information content (AvgIpc) is 2.62. The molecule has 0 aromatic carbocycles. The summed E-state index contributed by atoms with van der Waals surface area (Å²) < 4.78 is 12.9. The molecule has 1 aromatic heterocycles. The first-order valence-corrected chi connectivity index (χ1v) is 18.0. The molecule has 1 atom stereocenters. The van der Waals surface area contributed by atoms with E-state index < -0.39 is 18.4 Å². The molecule has 0 saturated carbocycles. The number of ether oxygens (including phenoxy) is 1. The summed E-state index contributed by atoms with van der Waals surface area (Å²) in [6.45, 7) is 9.00. The molecule has 0 aliphatic rings. The second-order valence-corrected chi connectivity index (χ2v) is 20.5. The van der Waals surface area contributed by atoms with Gasteiger partial charge in [0, 0.05) is 0 Å². The molecule has 5 heteroatoms. The Morgan fingerprint density at radius 2 is 1.48 bits per heavy atom. The van der Waals surface area contributed by atoms with Gasteiger partial charge in [-0.15, -0.1) is 0 Å². The third kappa shape index (κ3) is 9.27. The van der Waals surface area contributed by atoms with Crippen molar-refractivity contribution < 1.29 is 4.74 Å². The Balaban J connectivity index is 2.79. The minimum absolute atomic E-state index is 0.00197. The van der Waals surface area contributed by atoms with Crippen molar-refractivity contribution in [3.8, 4) is 6.01 Å². The maximum absolute atomic E-state index is 5.84. The normalized spacial score (nSPS) is 13.3. The molecule has 0 aliphatic heterocycles. The van der Waals surface area contributed by atoms with Crippen molar-refractivity contribution in [3.63, 3.8) is 0 Å². The van der Waals surface area contributed by atoms with Crippen LogP contribution >= 0.6 is 11.6 Å². The third-order valence-corrected chi connectivity index (χ3v) is 19.0. The van der Waals surface area contributed by atoms with Crippen molar-refractivity contribution >= 4 is 30.0 Å². The van der Waals surface area contributed by atoms with Crippen LogP contribution in [0.2, 0.25) is 18.3 Å². The second-order valence-electron chi connectivity index (χ2n) is 7.04. The summed E-state index contributed by atoms with van der Waals surface area (Å²) in [6.07, 6.45) is 13.5. The van der Waals surface area contributed by atoms with E-state index in [1.165, 1.54) is 51.8 Å². The first-order valence-electron chi connectivity index (χ1n) is 9.88. The van der Waals surface area contributed by atoms with Crippen LogP contribution < -0.4 is 4.74 Å². The first kappa shape index (κ1) is 22.7. The molecule has 0 N–H and O–H groups in total. The summed E-state index contributed by atoms with van der Waals surface area (Å²) in [4.78, 5) is 8.26. The predicted molar refractivity (Wildman–Crippen MR) is 111 cm³/mol. The standard InChI is InChI=1S/C8H8ClN2O.3C4H9.Sn/c1-3-6(2)12-8-10-4-7(9)5-11-8;3*1-3-4-2;/h1,3-6H,2H3;3*1,3-4H2,2H3;. The van der Waals surface area contributed by atoms with Gasteiger partial charge < -0.3 is 0 Å². The molecule has 0 fully saturated rings. The summed E-state index contributed by atoms with van der Waals surface area (Å²) in [5.41, 5.74) is 0. The van der Waals surface area contributed by atoms with Gasteiger partial charge in [0.25, 0.3) is 0 Å². The van der Waals surface area contributed by atoms with Gasteiger partial charge in [0.05, 0.1) is 0 Å². The predicted octanol–water partition coefficient (Wildman–Crippen LogP) is 6.84. The van der Waals surface area contributed by atoms with E-state index in [0.29, 0.717) is 11.0 Å². The zero-order valence-electron chi connectivity index (χ0n) is 16.4. The third-order valence-electron chi connectivity index (χ3n) is 4.69. The number of nitrogens with zero attached hydrogens (tertiary/aromatic N) is 2. The van der Waals surface area contributed by atoms with Crippen molar-refractivity contribution in [1.29, 1.82) is 0 Å². The Morgan fingerprint density at radius 1 is 1.00 bits per heavy atom. The molecule has 1 rings (SSSR count). The van der Waals surface area contributed by atoms with Crippen LogP contribution in [0.15, 0.2) is 22.6 Å². The summed E-state index contributed by atoms with van der Waals surface area (Å²) in [5, 5.41) is 0.532. The van der Waals surface area contributed by atoms with Gasteiger partial charge in [0.15, 0.2) is 0 Å². The molecule has 0 spiro atoms. The quantitative estimate of drug-likeness (QED) is 0.294. The number of hydrogen-bond donors (Lipinski definition) is 0. The number of unbranched alkanes of at least 4 members (excludes halogenated alkanes) is 3. The van der Waals surface area contributed by atoms with Gasteiger partial charge in [0.1, 0.15) is 0 Å². The molecule has 0 amide bonds. The summed E-state index contributed by atoms with van der Waals surface area (Å²) in [7, 11) is 0. The number of aromatic nitrogens is 2. The van der Waals surface area contributed by atoms with E-state index in [2.05, 4.69) is 47.8 Å². The molecule has 1 unspecified atom stereocenters. The fraction of sp³-hybridized carbons (Fsp3) is 0.700. The summed E-state index contributed by atoms with van der Waals surface area (Å²) in [6, 6.07) is 0.401. The maximum atomic E-state index is 5.84. The van der Waals surface area contributed by atoms with Crippen LogP contribution in [0.3, 0.4) is 0 Å². The summed E-state index contributed by atoms with van der Waals surface area (Å²) in [5.74, 6) is 0. The second kappa shape index (κ2) is 13.0. The van der Waals surface area contributed by atoms with Crippen LogP contribution in [0.25, 0.3) is 0 Å². The molecule has 1 heterocycles. The molecule has 1 aromatic rings. The molecule has 142 valence electrons. The van der Waals surface area contributed by atoms with Crippen LogP contribution in [0.5, 0.6) is 6.01 Å². The van der Waals surface area contributed by atoms with Crippen molar-refractivity contribution in [3.05, 3.63) is 27.6 Å². The van der Waals surface area contributed by atoms with E-state index in [1.807, 2.05) is 0 Å². The Morgan fingerprint density at radius 3 is 1.92 bits per heavy atom. The molecule has 3 nitrogen and oxygen atoms in total. The molecular weight excluding hydrogens is 438 g/mol. The fourth-order valence-electron chi connectivity index (χ4n) is 3.12. The molecule has 0 bridgehead atoms. The summed E-state index contributed by atoms with van der Waals surface area (Å²) >= 11 is 3.60. The number of rotatable bonds is 13. The Labute approximate surface area is 163 Å². The SMILES string of the molecule is CCC[CH2][Sn](/[CH]=C/C(C)Oc1ncc(Cl)cn1)([CH2]CCC)[CH2]CCC. The van der Waals surface area contributed by atoms with Crippen LogP contribution in [0, 0.1) is 0 Å². The van der Waals surface area contributed by atoms with E-state index >= 15 is 0 Å². The minimum atomic E-state index is -2.23. The Hall–Kier alpha value is -0.291. The van der Waals surface area contributed by atoms with Gasteiger partial charge in [-0.2, -0.15) is 0 Å². The van der Waals surface area contributed by atoms with Gasteiger partial charge in [-0.05, 0) is 0 Å². The number of halogens is 1. The van der Waals surface area contributed by atoms with Gasteiger partial charge in [0.2, 0.25) is 0 Å². The Kier molecular flexibility index (Phi) is 11.8. The monoisotopic (exact) mass is 474 g/mol. The molecule has 0 saturated heterocycles. The van der Waals surface area contributed by atoms with Gasteiger partial charge in [-0.25, -0.2) is 0 Å². The topological polar surface area (TPSA) is 35.0 Å². The first-order chi connectivity index (χ1) is 12.0. The van der Waals surface area contributed by atoms with E-state index in [0.717, 1.165) is 0 Å². The van der Waals surface area contributed by atoms with Crippen LogP contribution in [-0.2, 0) is 0 Å².